The summed E-state index contributed by atoms with van der Waals surface area (Å²) < 4.78 is 0. The van der Waals surface area contributed by atoms with Gasteiger partial charge in [0.1, 0.15) is 0 Å². The zero-order valence-corrected chi connectivity index (χ0v) is 10.9. The van der Waals surface area contributed by atoms with Gasteiger partial charge < -0.3 is 5.11 Å². The van der Waals surface area contributed by atoms with Gasteiger partial charge in [0.05, 0.1) is 6.10 Å². The second kappa shape index (κ2) is 5.54. The largest absolute Gasteiger partial charge is 0.393 e. The van der Waals surface area contributed by atoms with E-state index in [-0.39, 0.29) is 6.10 Å². The standard InChI is InChI=1S/C17H19NO/c19-17(10-9-14-8-4-5-11-18-14)16-12-15(16)13-6-2-1-3-7-13/h1-8,11,15-17,19H,9-10,12H2. The number of hydrogen-bond acceptors (Lipinski definition) is 2. The van der Waals surface area contributed by atoms with Gasteiger partial charge >= 0.3 is 0 Å². The van der Waals surface area contributed by atoms with Crippen LogP contribution in [0.2, 0.25) is 0 Å². The van der Waals surface area contributed by atoms with Crippen LogP contribution in [-0.4, -0.2) is 16.2 Å². The molecule has 3 unspecified atom stereocenters. The molecule has 0 aliphatic heterocycles. The third kappa shape index (κ3) is 3.02. The molecule has 2 nitrogen and oxygen atoms in total. The van der Waals surface area contributed by atoms with Gasteiger partial charge in [0, 0.05) is 11.9 Å². The molecule has 1 heterocycles. The fraction of sp³-hybridized carbons (Fsp3) is 0.353. The van der Waals surface area contributed by atoms with Crippen molar-refractivity contribution in [1.29, 1.82) is 0 Å². The lowest BCUT2D eigenvalue weighted by atomic mass is 10.0. The Bertz CT molecular complexity index is 511. The van der Waals surface area contributed by atoms with E-state index in [1.54, 1.807) is 0 Å². The number of pyridine rings is 1. The van der Waals surface area contributed by atoms with Crippen LogP contribution in [0.25, 0.3) is 0 Å². The lowest BCUT2D eigenvalue weighted by Gasteiger charge is -2.10. The molecule has 0 spiro atoms. The van der Waals surface area contributed by atoms with E-state index in [9.17, 15) is 5.11 Å². The number of benzene rings is 1. The smallest absolute Gasteiger partial charge is 0.0578 e. The molecule has 98 valence electrons. The molecule has 3 atom stereocenters. The maximum absolute atomic E-state index is 10.3. The second-order valence-electron chi connectivity index (χ2n) is 5.34. The Kier molecular flexibility index (Phi) is 3.60. The average molecular weight is 253 g/mol. The zero-order valence-electron chi connectivity index (χ0n) is 10.9. The predicted molar refractivity (Wildman–Crippen MR) is 75.9 cm³/mol. The highest BCUT2D eigenvalue weighted by Crippen LogP contribution is 2.50. The van der Waals surface area contributed by atoms with Gasteiger partial charge in [-0.05, 0) is 48.8 Å². The van der Waals surface area contributed by atoms with Gasteiger partial charge in [0.2, 0.25) is 0 Å². The van der Waals surface area contributed by atoms with E-state index < -0.39 is 0 Å². The summed E-state index contributed by atoms with van der Waals surface area (Å²) >= 11 is 0. The van der Waals surface area contributed by atoms with Crippen molar-refractivity contribution in [2.24, 2.45) is 5.92 Å². The Morgan fingerprint density at radius 1 is 1.11 bits per heavy atom. The zero-order chi connectivity index (χ0) is 13.1. The lowest BCUT2D eigenvalue weighted by Crippen LogP contribution is -2.12. The van der Waals surface area contributed by atoms with Crippen LogP contribution in [0.3, 0.4) is 0 Å². The maximum atomic E-state index is 10.3. The molecule has 19 heavy (non-hydrogen) atoms. The van der Waals surface area contributed by atoms with Gasteiger partial charge in [0.25, 0.3) is 0 Å². The third-order valence-corrected chi connectivity index (χ3v) is 3.98. The van der Waals surface area contributed by atoms with Crippen LogP contribution < -0.4 is 0 Å². The monoisotopic (exact) mass is 253 g/mol. The van der Waals surface area contributed by atoms with Crippen LogP contribution >= 0.6 is 0 Å². The molecule has 1 saturated carbocycles. The molecule has 1 fully saturated rings. The van der Waals surface area contributed by atoms with Crippen molar-refractivity contribution >= 4 is 0 Å². The minimum atomic E-state index is -0.202. The van der Waals surface area contributed by atoms with Gasteiger partial charge in [-0.25, -0.2) is 0 Å². The number of nitrogens with zero attached hydrogens (tertiary/aromatic N) is 1. The first-order valence-electron chi connectivity index (χ1n) is 6.97. The third-order valence-electron chi connectivity index (χ3n) is 3.98. The quantitative estimate of drug-likeness (QED) is 0.887. The predicted octanol–water partition coefficient (Wildman–Crippen LogP) is 3.18. The van der Waals surface area contributed by atoms with Crippen molar-refractivity contribution < 1.29 is 5.11 Å². The fourth-order valence-electron chi connectivity index (χ4n) is 2.78. The number of aliphatic hydroxyl groups is 1. The van der Waals surface area contributed by atoms with E-state index in [0.717, 1.165) is 25.0 Å². The maximum Gasteiger partial charge on any atom is 0.0578 e. The normalized spacial score (nSPS) is 23.0. The summed E-state index contributed by atoms with van der Waals surface area (Å²) in [4.78, 5) is 4.30. The first kappa shape index (κ1) is 12.4. The van der Waals surface area contributed by atoms with E-state index in [1.807, 2.05) is 30.5 Å². The van der Waals surface area contributed by atoms with E-state index in [4.69, 9.17) is 0 Å². The van der Waals surface area contributed by atoms with Crippen molar-refractivity contribution in [2.75, 3.05) is 0 Å². The molecular weight excluding hydrogens is 234 g/mol. The van der Waals surface area contributed by atoms with Crippen molar-refractivity contribution in [2.45, 2.75) is 31.3 Å². The molecule has 2 aromatic rings. The van der Waals surface area contributed by atoms with E-state index in [2.05, 4.69) is 29.2 Å². The summed E-state index contributed by atoms with van der Waals surface area (Å²) in [6, 6.07) is 16.5. The Morgan fingerprint density at radius 3 is 2.63 bits per heavy atom. The van der Waals surface area contributed by atoms with Crippen LogP contribution in [0.5, 0.6) is 0 Å². The van der Waals surface area contributed by atoms with Gasteiger partial charge in [-0.3, -0.25) is 4.98 Å². The van der Waals surface area contributed by atoms with Gasteiger partial charge in [-0.15, -0.1) is 0 Å². The minimum absolute atomic E-state index is 0.202. The van der Waals surface area contributed by atoms with Gasteiger partial charge in [-0.1, -0.05) is 36.4 Å². The van der Waals surface area contributed by atoms with Crippen molar-refractivity contribution in [1.82, 2.24) is 4.98 Å². The van der Waals surface area contributed by atoms with E-state index in [0.29, 0.717) is 11.8 Å². The highest BCUT2D eigenvalue weighted by Gasteiger charge is 2.42. The number of rotatable bonds is 5. The minimum Gasteiger partial charge on any atom is -0.393 e. The van der Waals surface area contributed by atoms with Crippen LogP contribution in [-0.2, 0) is 6.42 Å². The topological polar surface area (TPSA) is 33.1 Å². The summed E-state index contributed by atoms with van der Waals surface area (Å²) in [5.41, 5.74) is 2.43. The van der Waals surface area contributed by atoms with Crippen LogP contribution in [0.4, 0.5) is 0 Å². The molecule has 1 aromatic heterocycles. The van der Waals surface area contributed by atoms with Crippen LogP contribution in [0, 0.1) is 5.92 Å². The molecule has 1 N–H and O–H groups in total. The molecule has 1 aliphatic rings. The van der Waals surface area contributed by atoms with Crippen LogP contribution in [0.1, 0.15) is 30.0 Å². The first-order valence-corrected chi connectivity index (χ1v) is 6.97. The van der Waals surface area contributed by atoms with Gasteiger partial charge in [-0.2, -0.15) is 0 Å². The molecule has 3 rings (SSSR count). The summed E-state index contributed by atoms with van der Waals surface area (Å²) in [5.74, 6) is 0.992. The molecule has 0 amide bonds. The van der Waals surface area contributed by atoms with E-state index >= 15 is 0 Å². The number of aliphatic hydroxyl groups excluding tert-OH is 1. The first-order chi connectivity index (χ1) is 9.34. The number of hydrogen-bond donors (Lipinski definition) is 1. The fourth-order valence-corrected chi connectivity index (χ4v) is 2.78. The highest BCUT2D eigenvalue weighted by molar-refractivity contribution is 5.26. The molecule has 0 radical (unpaired) electrons. The Labute approximate surface area is 114 Å². The van der Waals surface area contributed by atoms with Crippen molar-refractivity contribution in [3.05, 3.63) is 66.0 Å². The second-order valence-corrected chi connectivity index (χ2v) is 5.34. The molecule has 0 bridgehead atoms. The summed E-state index contributed by atoms with van der Waals surface area (Å²) in [6.07, 6.45) is 4.40. The highest BCUT2D eigenvalue weighted by atomic mass is 16.3. The van der Waals surface area contributed by atoms with Crippen molar-refractivity contribution in [3.63, 3.8) is 0 Å². The molecular formula is C17H19NO. The van der Waals surface area contributed by atoms with Gasteiger partial charge in [0.15, 0.2) is 0 Å². The Morgan fingerprint density at radius 2 is 1.89 bits per heavy atom. The summed E-state index contributed by atoms with van der Waals surface area (Å²) in [7, 11) is 0. The number of aryl methyl sites for hydroxylation is 1. The number of aromatic nitrogens is 1. The molecule has 1 aliphatic carbocycles. The SMILES string of the molecule is OC(CCc1ccccn1)C1CC1c1ccccc1. The van der Waals surface area contributed by atoms with Crippen molar-refractivity contribution in [3.8, 4) is 0 Å². The van der Waals surface area contributed by atoms with E-state index in [1.165, 1.54) is 5.56 Å². The molecule has 2 heteroatoms. The summed E-state index contributed by atoms with van der Waals surface area (Å²) in [6.45, 7) is 0. The molecule has 1 aromatic carbocycles. The Balaban J connectivity index is 1.52. The average Bonchev–Trinajstić information content (AvgIpc) is 3.27. The summed E-state index contributed by atoms with van der Waals surface area (Å²) in [5, 5.41) is 10.3. The van der Waals surface area contributed by atoms with Crippen LogP contribution in [0.15, 0.2) is 54.7 Å². The lowest BCUT2D eigenvalue weighted by molar-refractivity contribution is 0.139. The Hall–Kier alpha value is -1.67. The molecule has 0 saturated heterocycles.